The van der Waals surface area contributed by atoms with Crippen molar-refractivity contribution in [3.63, 3.8) is 0 Å². The van der Waals surface area contributed by atoms with Crippen molar-refractivity contribution in [1.29, 1.82) is 5.26 Å². The number of para-hydroxylation sites is 1. The van der Waals surface area contributed by atoms with Crippen LogP contribution in [0.4, 0.5) is 24.5 Å². The minimum absolute atomic E-state index is 0.101. The first-order valence-electron chi connectivity index (χ1n) is 12.4. The molecule has 2 amide bonds. The molecule has 0 spiro atoms. The van der Waals surface area contributed by atoms with Crippen LogP contribution in [-0.4, -0.2) is 43.4 Å². The lowest BCUT2D eigenvalue weighted by Crippen LogP contribution is -2.50. The van der Waals surface area contributed by atoms with Gasteiger partial charge in [0.2, 0.25) is 11.8 Å². The Labute approximate surface area is 215 Å². The van der Waals surface area contributed by atoms with Gasteiger partial charge in [0, 0.05) is 31.0 Å². The van der Waals surface area contributed by atoms with Crippen molar-refractivity contribution in [1.82, 2.24) is 4.90 Å². The second-order valence-electron chi connectivity index (χ2n) is 10.5. The number of carbonyl (C=O) groups excluding carboxylic acids is 2. The number of carbonyl (C=O) groups is 2. The third-order valence-electron chi connectivity index (χ3n) is 7.53. The number of nitrogens with one attached hydrogen (secondary N) is 1. The largest absolute Gasteiger partial charge is 0.416 e. The van der Waals surface area contributed by atoms with Crippen molar-refractivity contribution in [3.8, 4) is 6.07 Å². The number of benzene rings is 2. The van der Waals surface area contributed by atoms with Crippen LogP contribution in [-0.2, 0) is 15.8 Å². The molecule has 2 aliphatic rings. The molecule has 9 heteroatoms. The Hall–Kier alpha value is -3.38. The van der Waals surface area contributed by atoms with Gasteiger partial charge >= 0.3 is 6.18 Å². The standard InChI is InChI=1S/C28H31F3N4O2/c1-17-6-5-7-18(2)24(17)35-16-27(19(3)25(35)36,15-34(4)14-20-8-9-20)26(37)33-23-11-21(13-32)10-22(12-23)28(29,30)31/h5-7,10-12,19-20H,8-9,14-16H2,1-4H3,(H,33,37). The van der Waals surface area contributed by atoms with E-state index in [4.69, 9.17) is 0 Å². The lowest BCUT2D eigenvalue weighted by molar-refractivity contribution is -0.137. The molecule has 2 unspecified atom stereocenters. The summed E-state index contributed by atoms with van der Waals surface area (Å²) in [6, 6.07) is 10.2. The fraction of sp³-hybridized carbons (Fsp3) is 0.464. The number of halogens is 3. The van der Waals surface area contributed by atoms with Gasteiger partial charge in [0.05, 0.1) is 28.5 Å². The Morgan fingerprint density at radius 1 is 1.22 bits per heavy atom. The number of alkyl halides is 3. The molecule has 0 radical (unpaired) electrons. The maximum absolute atomic E-state index is 14.0. The van der Waals surface area contributed by atoms with Crippen molar-refractivity contribution >= 4 is 23.2 Å². The zero-order valence-corrected chi connectivity index (χ0v) is 21.4. The van der Waals surface area contributed by atoms with Gasteiger partial charge in [-0.15, -0.1) is 0 Å². The fourth-order valence-electron chi connectivity index (χ4n) is 5.39. The molecule has 1 aliphatic heterocycles. The minimum atomic E-state index is -4.68. The summed E-state index contributed by atoms with van der Waals surface area (Å²) >= 11 is 0. The van der Waals surface area contributed by atoms with Gasteiger partial charge in [0.25, 0.3) is 0 Å². The summed E-state index contributed by atoms with van der Waals surface area (Å²) in [6.07, 6.45) is -2.44. The van der Waals surface area contributed by atoms with Gasteiger partial charge in [0.1, 0.15) is 0 Å². The molecule has 6 nitrogen and oxygen atoms in total. The molecule has 1 saturated heterocycles. The molecule has 0 bridgehead atoms. The van der Waals surface area contributed by atoms with E-state index in [0.29, 0.717) is 5.92 Å². The monoisotopic (exact) mass is 512 g/mol. The van der Waals surface area contributed by atoms with Crippen LogP contribution in [0.1, 0.15) is 42.0 Å². The number of rotatable bonds is 7. The molecule has 1 saturated carbocycles. The number of amides is 2. The van der Waals surface area contributed by atoms with Crippen LogP contribution >= 0.6 is 0 Å². The summed E-state index contributed by atoms with van der Waals surface area (Å²) in [5, 5.41) is 11.9. The van der Waals surface area contributed by atoms with Gasteiger partial charge in [-0.25, -0.2) is 0 Å². The van der Waals surface area contributed by atoms with Crippen LogP contribution in [0.25, 0.3) is 0 Å². The zero-order chi connectivity index (χ0) is 27.1. The second-order valence-corrected chi connectivity index (χ2v) is 10.5. The van der Waals surface area contributed by atoms with Gasteiger partial charge in [-0.2, -0.15) is 18.4 Å². The molecule has 2 aromatic rings. The first kappa shape index (κ1) is 26.7. The van der Waals surface area contributed by atoms with Crippen molar-refractivity contribution in [3.05, 3.63) is 58.7 Å². The maximum Gasteiger partial charge on any atom is 0.416 e. The summed E-state index contributed by atoms with van der Waals surface area (Å²) < 4.78 is 40.3. The Morgan fingerprint density at radius 3 is 2.43 bits per heavy atom. The Morgan fingerprint density at radius 2 is 1.86 bits per heavy atom. The topological polar surface area (TPSA) is 76.4 Å². The molecule has 0 aromatic heterocycles. The third kappa shape index (κ3) is 5.35. The number of hydrogen-bond donors (Lipinski definition) is 1. The summed E-state index contributed by atoms with van der Waals surface area (Å²) in [7, 11) is 1.91. The van der Waals surface area contributed by atoms with Crippen LogP contribution in [0.3, 0.4) is 0 Å². The van der Waals surface area contributed by atoms with Gasteiger partial charge in [-0.3, -0.25) is 9.59 Å². The summed E-state index contributed by atoms with van der Waals surface area (Å²) in [5.41, 5.74) is -0.00169. The predicted molar refractivity (Wildman–Crippen MR) is 135 cm³/mol. The number of nitrogens with zero attached hydrogens (tertiary/aromatic N) is 3. The summed E-state index contributed by atoms with van der Waals surface area (Å²) in [6.45, 7) is 6.68. The van der Waals surface area contributed by atoms with E-state index in [1.165, 1.54) is 6.07 Å². The molecular weight excluding hydrogens is 481 g/mol. The van der Waals surface area contributed by atoms with Crippen molar-refractivity contribution in [2.24, 2.45) is 17.3 Å². The summed E-state index contributed by atoms with van der Waals surface area (Å²) in [5.74, 6) is -0.898. The average molecular weight is 513 g/mol. The fourth-order valence-corrected chi connectivity index (χ4v) is 5.39. The van der Waals surface area contributed by atoms with E-state index in [-0.39, 0.29) is 30.2 Å². The van der Waals surface area contributed by atoms with Gasteiger partial charge in [0.15, 0.2) is 0 Å². The van der Waals surface area contributed by atoms with Gasteiger partial charge in [-0.05, 0) is 69.0 Å². The highest BCUT2D eigenvalue weighted by atomic mass is 19.4. The van der Waals surface area contributed by atoms with Gasteiger partial charge in [-0.1, -0.05) is 25.1 Å². The first-order chi connectivity index (χ1) is 17.4. The lowest BCUT2D eigenvalue weighted by Gasteiger charge is -2.35. The lowest BCUT2D eigenvalue weighted by atomic mass is 9.77. The van der Waals surface area contributed by atoms with Crippen molar-refractivity contribution < 1.29 is 22.8 Å². The number of anilines is 2. The maximum atomic E-state index is 14.0. The van der Waals surface area contributed by atoms with Crippen LogP contribution in [0.15, 0.2) is 36.4 Å². The number of aryl methyl sites for hydroxylation is 2. The molecule has 2 atom stereocenters. The molecular formula is C28H31F3N4O2. The van der Waals surface area contributed by atoms with E-state index in [1.807, 2.05) is 44.0 Å². The highest BCUT2D eigenvalue weighted by Gasteiger charge is 2.56. The van der Waals surface area contributed by atoms with Crippen LogP contribution in [0, 0.1) is 42.4 Å². The van der Waals surface area contributed by atoms with E-state index in [1.54, 1.807) is 17.9 Å². The van der Waals surface area contributed by atoms with Crippen LogP contribution in [0.5, 0.6) is 0 Å². The molecule has 37 heavy (non-hydrogen) atoms. The molecule has 2 fully saturated rings. The van der Waals surface area contributed by atoms with E-state index in [9.17, 15) is 28.0 Å². The van der Waals surface area contributed by atoms with E-state index >= 15 is 0 Å². The average Bonchev–Trinajstić information content (AvgIpc) is 3.60. The second kappa shape index (κ2) is 9.82. The van der Waals surface area contributed by atoms with Crippen molar-refractivity contribution in [2.45, 2.75) is 39.8 Å². The SMILES string of the molecule is Cc1cccc(C)c1N1CC(CN(C)CC2CC2)(C(=O)Nc2cc(C#N)cc(C(F)(F)F)c2)C(C)C1=O. The quantitative estimate of drug-likeness (QED) is 0.557. The molecule has 196 valence electrons. The Balaban J connectivity index is 1.73. The number of hydrogen-bond acceptors (Lipinski definition) is 4. The highest BCUT2D eigenvalue weighted by Crippen LogP contribution is 2.43. The highest BCUT2D eigenvalue weighted by molar-refractivity contribution is 6.08. The first-order valence-corrected chi connectivity index (χ1v) is 12.4. The smallest absolute Gasteiger partial charge is 0.325 e. The normalized spacial score (nSPS) is 21.9. The molecule has 2 aromatic carbocycles. The molecule has 1 aliphatic carbocycles. The van der Waals surface area contributed by atoms with Crippen LogP contribution in [0.2, 0.25) is 0 Å². The van der Waals surface area contributed by atoms with Crippen molar-refractivity contribution in [2.75, 3.05) is 36.9 Å². The molecule has 4 rings (SSSR count). The minimum Gasteiger partial charge on any atom is -0.325 e. The van der Waals surface area contributed by atoms with Crippen LogP contribution < -0.4 is 10.2 Å². The Bertz CT molecular complexity index is 1240. The van der Waals surface area contributed by atoms with E-state index in [2.05, 4.69) is 5.32 Å². The van der Waals surface area contributed by atoms with E-state index in [0.717, 1.165) is 48.3 Å². The summed E-state index contributed by atoms with van der Waals surface area (Å²) in [4.78, 5) is 31.3. The van der Waals surface area contributed by atoms with Gasteiger partial charge < -0.3 is 15.1 Å². The third-order valence-corrected chi connectivity index (χ3v) is 7.53. The van der Waals surface area contributed by atoms with E-state index < -0.39 is 29.0 Å². The zero-order valence-electron chi connectivity index (χ0n) is 21.4. The molecule has 1 heterocycles. The molecule has 1 N–H and O–H groups in total. The predicted octanol–water partition coefficient (Wildman–Crippen LogP) is 5.14. The Kier molecular flexibility index (Phi) is 7.08. The number of nitriles is 1.